The lowest BCUT2D eigenvalue weighted by Gasteiger charge is -2.06. The first-order valence-electron chi connectivity index (χ1n) is 7.14. The molecule has 0 unspecified atom stereocenters. The lowest BCUT2D eigenvalue weighted by molar-refractivity contribution is -0.118. The molecule has 9 heteroatoms. The van der Waals surface area contributed by atoms with Gasteiger partial charge in [0, 0.05) is 12.6 Å². The molecule has 8 nitrogen and oxygen atoms in total. The monoisotopic (exact) mass is 332 g/mol. The van der Waals surface area contributed by atoms with Crippen LogP contribution in [-0.4, -0.2) is 37.8 Å². The van der Waals surface area contributed by atoms with E-state index in [1.54, 1.807) is 24.5 Å². The van der Waals surface area contributed by atoms with Gasteiger partial charge in [-0.25, -0.2) is 4.98 Å². The minimum atomic E-state index is -0.0525. The Labute approximate surface area is 136 Å². The van der Waals surface area contributed by atoms with Gasteiger partial charge in [-0.05, 0) is 18.6 Å². The fourth-order valence-electron chi connectivity index (χ4n) is 1.94. The lowest BCUT2D eigenvalue weighted by Crippen LogP contribution is -2.25. The number of fused-ring (bicyclic) bond motifs is 1. The van der Waals surface area contributed by atoms with Gasteiger partial charge in [-0.1, -0.05) is 18.7 Å². The number of nitrogens with one attached hydrogen (secondary N) is 1. The fourth-order valence-corrected chi connectivity index (χ4v) is 2.71. The smallest absolute Gasteiger partial charge is 0.230 e. The number of carbonyl (C=O) groups excluding carboxylic acids is 1. The third-order valence-electron chi connectivity index (χ3n) is 2.96. The van der Waals surface area contributed by atoms with Crippen LogP contribution < -0.4 is 11.1 Å². The molecule has 0 aliphatic rings. The number of anilines is 1. The summed E-state index contributed by atoms with van der Waals surface area (Å²) in [6.07, 6.45) is 2.45. The topological polar surface area (TPSA) is 111 Å². The maximum absolute atomic E-state index is 11.8. The third kappa shape index (κ3) is 3.45. The molecule has 0 fully saturated rings. The number of nitrogen functional groups attached to an aromatic ring is 1. The average molecular weight is 332 g/mol. The molecule has 0 bridgehead atoms. The van der Waals surface area contributed by atoms with Crippen molar-refractivity contribution < 1.29 is 9.21 Å². The molecule has 3 heterocycles. The highest BCUT2D eigenvalue weighted by atomic mass is 32.2. The Morgan fingerprint density at radius 2 is 2.35 bits per heavy atom. The summed E-state index contributed by atoms with van der Waals surface area (Å²) in [4.78, 5) is 20.6. The fraction of sp³-hybridized carbons (Fsp3) is 0.286. The molecule has 3 aromatic heterocycles. The summed E-state index contributed by atoms with van der Waals surface area (Å²) in [6.45, 7) is 2.66. The predicted molar refractivity (Wildman–Crippen MR) is 86.9 cm³/mol. The van der Waals surface area contributed by atoms with E-state index >= 15 is 0 Å². The van der Waals surface area contributed by atoms with E-state index in [1.807, 2.05) is 6.92 Å². The van der Waals surface area contributed by atoms with E-state index in [4.69, 9.17) is 10.2 Å². The molecule has 0 spiro atoms. The molecule has 3 N–H and O–H groups in total. The van der Waals surface area contributed by atoms with Gasteiger partial charge in [0.15, 0.2) is 22.4 Å². The van der Waals surface area contributed by atoms with E-state index in [1.165, 1.54) is 16.3 Å². The van der Waals surface area contributed by atoms with Crippen LogP contribution in [0.15, 0.2) is 34.0 Å². The van der Waals surface area contributed by atoms with Gasteiger partial charge in [-0.2, -0.15) is 9.50 Å². The SMILES string of the molecule is CCCNC(=O)CSc1nc(-c2ccco2)nc2cc(N)nn12. The zero-order valence-corrected chi connectivity index (χ0v) is 13.3. The van der Waals surface area contributed by atoms with Gasteiger partial charge in [-0.3, -0.25) is 4.79 Å². The number of rotatable bonds is 6. The normalized spacial score (nSPS) is 11.0. The van der Waals surface area contributed by atoms with Crippen LogP contribution in [0.1, 0.15) is 13.3 Å². The number of thioether (sulfide) groups is 1. The van der Waals surface area contributed by atoms with Crippen molar-refractivity contribution in [3.05, 3.63) is 24.5 Å². The number of hydrogen-bond acceptors (Lipinski definition) is 7. The number of nitrogens with two attached hydrogens (primary N) is 1. The third-order valence-corrected chi connectivity index (χ3v) is 3.89. The van der Waals surface area contributed by atoms with Crippen LogP contribution in [0.5, 0.6) is 0 Å². The maximum atomic E-state index is 11.8. The Morgan fingerprint density at radius 3 is 3.09 bits per heavy atom. The van der Waals surface area contributed by atoms with E-state index in [2.05, 4.69) is 20.4 Å². The predicted octanol–water partition coefficient (Wildman–Crippen LogP) is 1.58. The van der Waals surface area contributed by atoms with Crippen LogP contribution in [0.25, 0.3) is 17.2 Å². The van der Waals surface area contributed by atoms with E-state index in [0.29, 0.717) is 34.8 Å². The van der Waals surface area contributed by atoms with Gasteiger partial charge in [0.1, 0.15) is 5.82 Å². The molecule has 0 aliphatic heterocycles. The molecule has 3 rings (SSSR count). The van der Waals surface area contributed by atoms with Crippen LogP contribution in [0, 0.1) is 0 Å². The summed E-state index contributed by atoms with van der Waals surface area (Å²) in [6, 6.07) is 5.18. The second-order valence-corrected chi connectivity index (χ2v) is 5.73. The highest BCUT2D eigenvalue weighted by Crippen LogP contribution is 2.23. The Kier molecular flexibility index (Phi) is 4.47. The van der Waals surface area contributed by atoms with Gasteiger partial charge in [0.05, 0.1) is 12.0 Å². The number of carbonyl (C=O) groups is 1. The molecule has 1 amide bonds. The molecular weight excluding hydrogens is 316 g/mol. The molecule has 23 heavy (non-hydrogen) atoms. The zero-order chi connectivity index (χ0) is 16.2. The summed E-state index contributed by atoms with van der Waals surface area (Å²) in [7, 11) is 0. The van der Waals surface area contributed by atoms with E-state index in [0.717, 1.165) is 6.42 Å². The van der Waals surface area contributed by atoms with Crippen LogP contribution in [0.4, 0.5) is 5.82 Å². The van der Waals surface area contributed by atoms with Crippen LogP contribution in [0.3, 0.4) is 0 Å². The number of aromatic nitrogens is 4. The zero-order valence-electron chi connectivity index (χ0n) is 12.5. The molecule has 0 saturated carbocycles. The summed E-state index contributed by atoms with van der Waals surface area (Å²) < 4.78 is 6.86. The second kappa shape index (κ2) is 6.69. The molecule has 0 atom stereocenters. The van der Waals surface area contributed by atoms with Crippen molar-refractivity contribution in [1.29, 1.82) is 0 Å². The minimum Gasteiger partial charge on any atom is -0.461 e. The minimum absolute atomic E-state index is 0.0525. The number of hydrogen-bond donors (Lipinski definition) is 2. The highest BCUT2D eigenvalue weighted by molar-refractivity contribution is 7.99. The van der Waals surface area contributed by atoms with E-state index in [-0.39, 0.29) is 11.7 Å². The Morgan fingerprint density at radius 1 is 1.48 bits per heavy atom. The molecular formula is C14H16N6O2S. The van der Waals surface area contributed by atoms with Crippen molar-refractivity contribution in [1.82, 2.24) is 24.9 Å². The quantitative estimate of drug-likeness (QED) is 0.659. The first kappa shape index (κ1) is 15.3. The Hall–Kier alpha value is -2.55. The standard InChI is InChI=1S/C14H16N6O2S/c1-2-5-16-12(21)8-23-14-18-13(9-4-3-6-22-9)17-11-7-10(15)19-20(11)14/h3-4,6-7H,2,5,8H2,1H3,(H2,15,19)(H,16,21). The van der Waals surface area contributed by atoms with Crippen molar-refractivity contribution in [3.8, 4) is 11.6 Å². The average Bonchev–Trinajstić information content (AvgIpc) is 3.18. The van der Waals surface area contributed by atoms with Gasteiger partial charge in [0.25, 0.3) is 0 Å². The number of amides is 1. The number of nitrogens with zero attached hydrogens (tertiary/aromatic N) is 4. The first-order chi connectivity index (χ1) is 11.2. The molecule has 0 aromatic carbocycles. The second-order valence-electron chi connectivity index (χ2n) is 4.78. The maximum Gasteiger partial charge on any atom is 0.230 e. The van der Waals surface area contributed by atoms with Crippen molar-refractivity contribution in [2.75, 3.05) is 18.0 Å². The molecule has 0 saturated heterocycles. The molecule has 0 aliphatic carbocycles. The highest BCUT2D eigenvalue weighted by Gasteiger charge is 2.14. The van der Waals surface area contributed by atoms with Gasteiger partial charge in [-0.15, -0.1) is 5.10 Å². The van der Waals surface area contributed by atoms with Crippen molar-refractivity contribution >= 4 is 29.1 Å². The largest absolute Gasteiger partial charge is 0.461 e. The van der Waals surface area contributed by atoms with E-state index in [9.17, 15) is 4.79 Å². The first-order valence-corrected chi connectivity index (χ1v) is 8.12. The number of furan rings is 1. The molecule has 3 aromatic rings. The summed E-state index contributed by atoms with van der Waals surface area (Å²) in [5.41, 5.74) is 6.29. The van der Waals surface area contributed by atoms with Crippen LogP contribution in [-0.2, 0) is 4.79 Å². The van der Waals surface area contributed by atoms with Gasteiger partial charge in [0.2, 0.25) is 5.91 Å². The summed E-state index contributed by atoms with van der Waals surface area (Å²) >= 11 is 1.27. The lowest BCUT2D eigenvalue weighted by atomic mass is 10.4. The summed E-state index contributed by atoms with van der Waals surface area (Å²) in [5.74, 6) is 1.50. The van der Waals surface area contributed by atoms with Crippen LogP contribution >= 0.6 is 11.8 Å². The Bertz CT molecular complexity index is 814. The van der Waals surface area contributed by atoms with Crippen molar-refractivity contribution in [3.63, 3.8) is 0 Å². The van der Waals surface area contributed by atoms with Gasteiger partial charge < -0.3 is 15.5 Å². The summed E-state index contributed by atoms with van der Waals surface area (Å²) in [5, 5.41) is 7.52. The van der Waals surface area contributed by atoms with Crippen molar-refractivity contribution in [2.24, 2.45) is 0 Å². The molecule has 0 radical (unpaired) electrons. The van der Waals surface area contributed by atoms with Gasteiger partial charge >= 0.3 is 0 Å². The molecule has 120 valence electrons. The van der Waals surface area contributed by atoms with E-state index < -0.39 is 0 Å². The van der Waals surface area contributed by atoms with Crippen molar-refractivity contribution in [2.45, 2.75) is 18.5 Å². The Balaban J connectivity index is 1.89. The van der Waals surface area contributed by atoms with Crippen LogP contribution in [0.2, 0.25) is 0 Å².